The Kier molecular flexibility index (Phi) is 5.69. The van der Waals surface area contributed by atoms with Gasteiger partial charge in [-0.3, -0.25) is 0 Å². The molecule has 1 unspecified atom stereocenters. The fourth-order valence-electron chi connectivity index (χ4n) is 1.06. The Morgan fingerprint density at radius 1 is 1.25 bits per heavy atom. The molecule has 74 valence electrons. The van der Waals surface area contributed by atoms with E-state index in [1.54, 1.807) is 14.2 Å². The fraction of sp³-hybridized carbons (Fsp3) is 1.00. The fourth-order valence-corrected chi connectivity index (χ4v) is 3.19. The van der Waals surface area contributed by atoms with Crippen molar-refractivity contribution >= 4 is 8.80 Å². The summed E-state index contributed by atoms with van der Waals surface area (Å²) in [7, 11) is 0.599. The maximum Gasteiger partial charge on any atom is 0.518 e. The smallest absolute Gasteiger partial charge is 0.376 e. The summed E-state index contributed by atoms with van der Waals surface area (Å²) >= 11 is 0. The number of hydrogen-bond donors (Lipinski definition) is 1. The molecule has 5 heteroatoms. The highest BCUT2D eigenvalue weighted by atomic mass is 28.4. The Balaban J connectivity index is 4.33. The summed E-state index contributed by atoms with van der Waals surface area (Å²) in [4.78, 5) is 0. The van der Waals surface area contributed by atoms with Gasteiger partial charge in [0.1, 0.15) is 0 Å². The molecule has 0 spiro atoms. The molecule has 12 heavy (non-hydrogen) atoms. The lowest BCUT2D eigenvalue weighted by Gasteiger charge is -2.30. The van der Waals surface area contributed by atoms with E-state index >= 15 is 0 Å². The molecular formula is C7H19NO3Si. The number of hydrogen-bond acceptors (Lipinski definition) is 4. The largest absolute Gasteiger partial charge is 0.518 e. The second kappa shape index (κ2) is 5.66. The van der Waals surface area contributed by atoms with Gasteiger partial charge in [0.25, 0.3) is 0 Å². The van der Waals surface area contributed by atoms with Gasteiger partial charge in [-0.25, -0.2) is 0 Å². The normalized spacial score (nSPS) is 14.8. The molecule has 1 atom stereocenters. The third-order valence-corrected chi connectivity index (χ3v) is 4.95. The van der Waals surface area contributed by atoms with Gasteiger partial charge in [-0.15, -0.1) is 0 Å². The van der Waals surface area contributed by atoms with E-state index in [1.807, 2.05) is 13.8 Å². The van der Waals surface area contributed by atoms with Crippen molar-refractivity contribution in [3.05, 3.63) is 0 Å². The first-order valence-corrected chi connectivity index (χ1v) is 5.96. The summed E-state index contributed by atoms with van der Waals surface area (Å²) in [5.74, 6) is 0. The Morgan fingerprint density at radius 2 is 1.75 bits per heavy atom. The molecule has 0 rings (SSSR count). The predicted octanol–water partition coefficient (Wildman–Crippen LogP) is 0.531. The zero-order valence-electron chi connectivity index (χ0n) is 8.29. The summed E-state index contributed by atoms with van der Waals surface area (Å²) < 4.78 is 15.9. The lowest BCUT2D eigenvalue weighted by atomic mass is 10.5. The van der Waals surface area contributed by atoms with Crippen LogP contribution in [0.25, 0.3) is 0 Å². The lowest BCUT2D eigenvalue weighted by molar-refractivity contribution is 0.0932. The highest BCUT2D eigenvalue weighted by Crippen LogP contribution is 2.13. The topological polar surface area (TPSA) is 53.7 Å². The summed E-state index contributed by atoms with van der Waals surface area (Å²) in [6.07, 6.45) is 0.800. The second-order valence-corrected chi connectivity index (χ2v) is 5.51. The predicted molar refractivity (Wildman–Crippen MR) is 49.7 cm³/mol. The van der Waals surface area contributed by atoms with E-state index in [1.165, 1.54) is 0 Å². The Labute approximate surface area is 75.4 Å². The van der Waals surface area contributed by atoms with Crippen LogP contribution in [0.15, 0.2) is 0 Å². The van der Waals surface area contributed by atoms with Crippen LogP contribution in [-0.2, 0) is 13.3 Å². The minimum absolute atomic E-state index is 0.132. The van der Waals surface area contributed by atoms with Gasteiger partial charge in [-0.2, -0.15) is 0 Å². The standard InChI is InChI=1S/C7H19NO3Si/c1-5-7(8)12(9-3,10-4)11-6-2/h7H,5-6,8H2,1-4H3. The molecule has 0 aliphatic rings. The van der Waals surface area contributed by atoms with Crippen molar-refractivity contribution in [2.24, 2.45) is 5.73 Å². The average molecular weight is 193 g/mol. The molecule has 2 N–H and O–H groups in total. The van der Waals surface area contributed by atoms with Crippen LogP contribution in [0, 0.1) is 0 Å². The maximum atomic E-state index is 5.85. The Morgan fingerprint density at radius 3 is 2.00 bits per heavy atom. The van der Waals surface area contributed by atoms with Gasteiger partial charge in [0.2, 0.25) is 0 Å². The lowest BCUT2D eigenvalue weighted by Crippen LogP contribution is -2.58. The quantitative estimate of drug-likeness (QED) is 0.625. The van der Waals surface area contributed by atoms with Gasteiger partial charge in [0, 0.05) is 20.8 Å². The van der Waals surface area contributed by atoms with Crippen LogP contribution in [0.4, 0.5) is 0 Å². The van der Waals surface area contributed by atoms with E-state index in [9.17, 15) is 0 Å². The molecule has 0 aromatic rings. The molecule has 0 amide bonds. The minimum Gasteiger partial charge on any atom is -0.376 e. The van der Waals surface area contributed by atoms with Crippen molar-refractivity contribution < 1.29 is 13.3 Å². The minimum atomic E-state index is -2.57. The van der Waals surface area contributed by atoms with Crippen LogP contribution in [0.3, 0.4) is 0 Å². The van der Waals surface area contributed by atoms with Crippen LogP contribution in [0.2, 0.25) is 0 Å². The third kappa shape index (κ3) is 2.53. The molecule has 0 aliphatic heterocycles. The Bertz CT molecular complexity index is 119. The number of nitrogens with two attached hydrogens (primary N) is 1. The first kappa shape index (κ1) is 12.1. The molecular weight excluding hydrogens is 174 g/mol. The maximum absolute atomic E-state index is 5.85. The summed E-state index contributed by atoms with van der Waals surface area (Å²) in [5, 5.41) is 0. The first-order valence-electron chi connectivity index (χ1n) is 4.16. The molecule has 0 aliphatic carbocycles. The molecule has 0 fully saturated rings. The SMILES string of the molecule is CCO[Si](OC)(OC)C(N)CC. The molecule has 0 aromatic carbocycles. The second-order valence-electron chi connectivity index (χ2n) is 2.46. The molecule has 0 saturated carbocycles. The van der Waals surface area contributed by atoms with Crippen LogP contribution in [0.5, 0.6) is 0 Å². The average Bonchev–Trinajstić information content (AvgIpc) is 2.13. The van der Waals surface area contributed by atoms with Gasteiger partial charge in [-0.05, 0) is 13.3 Å². The van der Waals surface area contributed by atoms with Crippen LogP contribution < -0.4 is 5.73 Å². The van der Waals surface area contributed by atoms with E-state index in [2.05, 4.69) is 0 Å². The molecule has 0 aromatic heterocycles. The highest BCUT2D eigenvalue weighted by molar-refractivity contribution is 6.62. The van der Waals surface area contributed by atoms with E-state index < -0.39 is 8.80 Å². The van der Waals surface area contributed by atoms with E-state index in [-0.39, 0.29) is 5.67 Å². The first-order chi connectivity index (χ1) is 5.66. The molecule has 0 bridgehead atoms. The van der Waals surface area contributed by atoms with Crippen molar-refractivity contribution in [3.8, 4) is 0 Å². The van der Waals surface area contributed by atoms with Crippen LogP contribution in [0.1, 0.15) is 20.3 Å². The van der Waals surface area contributed by atoms with Crippen LogP contribution in [-0.4, -0.2) is 35.3 Å². The van der Waals surface area contributed by atoms with Crippen molar-refractivity contribution in [2.45, 2.75) is 25.9 Å². The van der Waals surface area contributed by atoms with Gasteiger partial charge < -0.3 is 19.0 Å². The van der Waals surface area contributed by atoms with E-state index in [0.29, 0.717) is 6.61 Å². The van der Waals surface area contributed by atoms with Crippen molar-refractivity contribution in [2.75, 3.05) is 20.8 Å². The molecule has 0 radical (unpaired) electrons. The van der Waals surface area contributed by atoms with Crippen LogP contribution >= 0.6 is 0 Å². The third-order valence-electron chi connectivity index (χ3n) is 1.81. The van der Waals surface area contributed by atoms with Gasteiger partial charge in [-0.1, -0.05) is 6.92 Å². The number of rotatable bonds is 6. The zero-order valence-corrected chi connectivity index (χ0v) is 9.29. The van der Waals surface area contributed by atoms with E-state index in [4.69, 9.17) is 19.0 Å². The summed E-state index contributed by atoms with van der Waals surface area (Å²) in [6, 6.07) is 0. The highest BCUT2D eigenvalue weighted by Gasteiger charge is 2.44. The summed E-state index contributed by atoms with van der Waals surface area (Å²) in [5.41, 5.74) is 5.71. The monoisotopic (exact) mass is 193 g/mol. The molecule has 4 nitrogen and oxygen atoms in total. The Hall–Kier alpha value is 0.0569. The van der Waals surface area contributed by atoms with Gasteiger partial charge in [0.05, 0.1) is 5.67 Å². The summed E-state index contributed by atoms with van der Waals surface area (Å²) in [6.45, 7) is 4.47. The van der Waals surface area contributed by atoms with Crippen molar-refractivity contribution in [1.29, 1.82) is 0 Å². The van der Waals surface area contributed by atoms with Crippen molar-refractivity contribution in [3.63, 3.8) is 0 Å². The van der Waals surface area contributed by atoms with E-state index in [0.717, 1.165) is 6.42 Å². The zero-order chi connectivity index (χ0) is 9.61. The van der Waals surface area contributed by atoms with Gasteiger partial charge >= 0.3 is 8.80 Å². The van der Waals surface area contributed by atoms with Gasteiger partial charge in [0.15, 0.2) is 0 Å². The van der Waals surface area contributed by atoms with Crippen molar-refractivity contribution in [1.82, 2.24) is 0 Å². The molecule has 0 saturated heterocycles. The molecule has 0 heterocycles.